The summed E-state index contributed by atoms with van der Waals surface area (Å²) in [5.41, 5.74) is 1.55. The van der Waals surface area contributed by atoms with Crippen LogP contribution in [0.1, 0.15) is 5.56 Å². The Balaban J connectivity index is 1.53. The van der Waals surface area contributed by atoms with Crippen molar-refractivity contribution in [2.24, 2.45) is 0 Å². The maximum Gasteiger partial charge on any atom is 0.264 e. The van der Waals surface area contributed by atoms with Crippen LogP contribution < -0.4 is 14.3 Å². The minimum absolute atomic E-state index is 0.0376. The first kappa shape index (κ1) is 28.1. The van der Waals surface area contributed by atoms with E-state index in [-0.39, 0.29) is 21.2 Å². The second-order valence-electron chi connectivity index (χ2n) is 8.49. The molecule has 0 aliphatic heterocycles. The van der Waals surface area contributed by atoms with Crippen molar-refractivity contribution in [3.8, 4) is 0 Å². The predicted octanol–water partition coefficient (Wildman–Crippen LogP) is 5.42. The van der Waals surface area contributed by atoms with Crippen LogP contribution in [0.3, 0.4) is 0 Å². The zero-order chi connectivity index (χ0) is 28.2. The third-order valence-electron chi connectivity index (χ3n) is 5.52. The van der Waals surface area contributed by atoms with Crippen molar-refractivity contribution >= 4 is 54.6 Å². The molecule has 0 saturated carbocycles. The number of amides is 1. The first-order valence-corrected chi connectivity index (χ1v) is 14.8. The summed E-state index contributed by atoms with van der Waals surface area (Å²) < 4.78 is 68.7. The first-order chi connectivity index (χ1) is 18.4. The molecule has 0 aromatic heterocycles. The number of halogens is 2. The molecule has 12 heteroatoms. The fourth-order valence-electron chi connectivity index (χ4n) is 3.61. The highest BCUT2D eigenvalue weighted by atomic mass is 35.5. The minimum atomic E-state index is -4.13. The Bertz CT molecular complexity index is 1700. The summed E-state index contributed by atoms with van der Waals surface area (Å²) in [5.74, 6) is -1.14. The van der Waals surface area contributed by atoms with Crippen LogP contribution in [0.2, 0.25) is 5.02 Å². The molecule has 0 atom stereocenters. The lowest BCUT2D eigenvalue weighted by Crippen LogP contribution is -2.38. The molecule has 0 heterocycles. The summed E-state index contributed by atoms with van der Waals surface area (Å²) in [6.45, 7) is 1.26. The number of sulfonamides is 2. The van der Waals surface area contributed by atoms with Crippen LogP contribution in [0, 0.1) is 12.7 Å². The van der Waals surface area contributed by atoms with E-state index in [0.29, 0.717) is 10.7 Å². The molecule has 0 aliphatic rings. The highest BCUT2D eigenvalue weighted by Gasteiger charge is 2.27. The molecule has 1 amide bonds. The standard InChI is InChI=1S/C27H23ClFN3O5S2/c1-19-3-2-4-24(17-19)32(39(36,37)26-13-5-20(28)6-14-26)18-27(33)30-22-11-15-25(16-12-22)38(34,35)31-23-9-7-21(29)8-10-23/h2-17,31H,18H2,1H3,(H,30,33). The van der Waals surface area contributed by atoms with Gasteiger partial charge in [-0.25, -0.2) is 21.2 Å². The van der Waals surface area contributed by atoms with Crippen molar-refractivity contribution in [3.05, 3.63) is 113 Å². The third kappa shape index (κ3) is 6.94. The molecule has 8 nitrogen and oxygen atoms in total. The molecule has 0 saturated heterocycles. The van der Waals surface area contributed by atoms with Gasteiger partial charge in [0.1, 0.15) is 12.4 Å². The van der Waals surface area contributed by atoms with E-state index in [9.17, 15) is 26.0 Å². The molecule has 39 heavy (non-hydrogen) atoms. The van der Waals surface area contributed by atoms with E-state index in [0.717, 1.165) is 22.0 Å². The molecule has 4 rings (SSSR count). The summed E-state index contributed by atoms with van der Waals surface area (Å²) in [6, 6.07) is 22.5. The monoisotopic (exact) mass is 587 g/mol. The van der Waals surface area contributed by atoms with Gasteiger partial charge in [0.05, 0.1) is 15.5 Å². The Morgan fingerprint density at radius 1 is 0.821 bits per heavy atom. The summed E-state index contributed by atoms with van der Waals surface area (Å²) in [5, 5.41) is 2.97. The Kier molecular flexibility index (Phi) is 8.24. The first-order valence-electron chi connectivity index (χ1n) is 11.5. The van der Waals surface area contributed by atoms with E-state index in [1.165, 1.54) is 60.7 Å². The third-order valence-corrected chi connectivity index (χ3v) is 8.96. The van der Waals surface area contributed by atoms with Crippen molar-refractivity contribution in [2.45, 2.75) is 16.7 Å². The van der Waals surface area contributed by atoms with Gasteiger partial charge in [0, 0.05) is 16.4 Å². The largest absolute Gasteiger partial charge is 0.325 e. The molecule has 4 aromatic carbocycles. The van der Waals surface area contributed by atoms with Gasteiger partial charge < -0.3 is 5.32 Å². The van der Waals surface area contributed by atoms with Gasteiger partial charge in [-0.3, -0.25) is 13.8 Å². The van der Waals surface area contributed by atoms with Crippen LogP contribution in [0.15, 0.2) is 107 Å². The van der Waals surface area contributed by atoms with Crippen molar-refractivity contribution in [3.63, 3.8) is 0 Å². The number of nitrogens with one attached hydrogen (secondary N) is 2. The SMILES string of the molecule is Cc1cccc(N(CC(=O)Nc2ccc(S(=O)(=O)Nc3ccc(F)cc3)cc2)S(=O)(=O)c2ccc(Cl)cc2)c1. The number of anilines is 3. The van der Waals surface area contributed by atoms with Gasteiger partial charge in [-0.05, 0) is 97.4 Å². The Morgan fingerprint density at radius 2 is 1.41 bits per heavy atom. The molecular weight excluding hydrogens is 565 g/mol. The van der Waals surface area contributed by atoms with Crippen LogP contribution in [-0.4, -0.2) is 29.3 Å². The molecule has 0 fully saturated rings. The molecule has 202 valence electrons. The van der Waals surface area contributed by atoms with E-state index in [4.69, 9.17) is 11.6 Å². The highest BCUT2D eigenvalue weighted by Crippen LogP contribution is 2.26. The van der Waals surface area contributed by atoms with Crippen LogP contribution >= 0.6 is 11.6 Å². The number of hydrogen-bond donors (Lipinski definition) is 2. The normalized spacial score (nSPS) is 11.6. The van der Waals surface area contributed by atoms with Crippen molar-refractivity contribution < 1.29 is 26.0 Å². The van der Waals surface area contributed by atoms with Gasteiger partial charge in [0.15, 0.2) is 0 Å². The molecule has 0 spiro atoms. The number of carbonyl (C=O) groups is 1. The van der Waals surface area contributed by atoms with E-state index in [1.54, 1.807) is 31.2 Å². The fraction of sp³-hybridized carbons (Fsp3) is 0.0741. The van der Waals surface area contributed by atoms with E-state index in [2.05, 4.69) is 10.0 Å². The van der Waals surface area contributed by atoms with Gasteiger partial charge in [-0.1, -0.05) is 23.7 Å². The topological polar surface area (TPSA) is 113 Å². The van der Waals surface area contributed by atoms with Crippen LogP contribution in [0.25, 0.3) is 0 Å². The molecular formula is C27H23ClFN3O5S2. The molecule has 4 aromatic rings. The van der Waals surface area contributed by atoms with Gasteiger partial charge in [-0.2, -0.15) is 0 Å². The average molecular weight is 588 g/mol. The highest BCUT2D eigenvalue weighted by molar-refractivity contribution is 7.93. The summed E-state index contributed by atoms with van der Waals surface area (Å²) in [6.07, 6.45) is 0. The number of benzene rings is 4. The van der Waals surface area contributed by atoms with Gasteiger partial charge in [-0.15, -0.1) is 0 Å². The lowest BCUT2D eigenvalue weighted by atomic mass is 10.2. The smallest absolute Gasteiger partial charge is 0.264 e. The minimum Gasteiger partial charge on any atom is -0.325 e. The van der Waals surface area contributed by atoms with Crippen molar-refractivity contribution in [2.75, 3.05) is 20.9 Å². The molecule has 0 radical (unpaired) electrons. The number of carbonyl (C=O) groups excluding carboxylic acids is 1. The van der Waals surface area contributed by atoms with Crippen LogP contribution in [0.5, 0.6) is 0 Å². The second-order valence-corrected chi connectivity index (χ2v) is 12.5. The quantitative estimate of drug-likeness (QED) is 0.271. The zero-order valence-corrected chi connectivity index (χ0v) is 22.9. The molecule has 0 bridgehead atoms. The number of nitrogens with zero attached hydrogens (tertiary/aromatic N) is 1. The Morgan fingerprint density at radius 3 is 2.03 bits per heavy atom. The zero-order valence-electron chi connectivity index (χ0n) is 20.5. The number of aryl methyl sites for hydroxylation is 1. The lowest BCUT2D eigenvalue weighted by molar-refractivity contribution is -0.114. The van der Waals surface area contributed by atoms with Crippen LogP contribution in [-0.2, 0) is 24.8 Å². The fourth-order valence-corrected chi connectivity index (χ4v) is 6.21. The number of rotatable bonds is 9. The second kappa shape index (κ2) is 11.4. The predicted molar refractivity (Wildman–Crippen MR) is 149 cm³/mol. The van der Waals surface area contributed by atoms with Crippen molar-refractivity contribution in [1.29, 1.82) is 0 Å². The maximum absolute atomic E-state index is 13.5. The van der Waals surface area contributed by atoms with Gasteiger partial charge in [0.25, 0.3) is 20.0 Å². The number of hydrogen-bond acceptors (Lipinski definition) is 5. The molecule has 0 unspecified atom stereocenters. The van der Waals surface area contributed by atoms with E-state index in [1.807, 2.05) is 0 Å². The summed E-state index contributed by atoms with van der Waals surface area (Å²) in [7, 11) is -8.10. The molecule has 0 aliphatic carbocycles. The lowest BCUT2D eigenvalue weighted by Gasteiger charge is -2.24. The molecule has 2 N–H and O–H groups in total. The van der Waals surface area contributed by atoms with E-state index < -0.39 is 38.3 Å². The van der Waals surface area contributed by atoms with Crippen molar-refractivity contribution in [1.82, 2.24) is 0 Å². The van der Waals surface area contributed by atoms with Crippen LogP contribution in [0.4, 0.5) is 21.5 Å². The Labute approximate surface area is 231 Å². The van der Waals surface area contributed by atoms with E-state index >= 15 is 0 Å². The Hall–Kier alpha value is -3.93. The maximum atomic E-state index is 13.5. The average Bonchev–Trinajstić information content (AvgIpc) is 2.89. The summed E-state index contributed by atoms with van der Waals surface area (Å²) in [4.78, 5) is 12.8. The summed E-state index contributed by atoms with van der Waals surface area (Å²) >= 11 is 5.91. The van der Waals surface area contributed by atoms with Gasteiger partial charge in [0.2, 0.25) is 5.91 Å². The van der Waals surface area contributed by atoms with Gasteiger partial charge >= 0.3 is 0 Å².